The lowest BCUT2D eigenvalue weighted by atomic mass is 9.84. The van der Waals surface area contributed by atoms with Crippen LogP contribution >= 0.6 is 11.3 Å². The van der Waals surface area contributed by atoms with Crippen molar-refractivity contribution in [3.8, 4) is 0 Å². The van der Waals surface area contributed by atoms with Gasteiger partial charge in [-0.2, -0.15) is 0 Å². The Morgan fingerprint density at radius 3 is 2.95 bits per heavy atom. The van der Waals surface area contributed by atoms with Crippen LogP contribution in [0.25, 0.3) is 10.1 Å². The Morgan fingerprint density at radius 2 is 2.24 bits per heavy atom. The van der Waals surface area contributed by atoms with E-state index in [4.69, 9.17) is 0 Å². The maximum absolute atomic E-state index is 13.6. The number of carbonyl (C=O) groups excluding carboxylic acids is 1. The Bertz CT molecular complexity index is 693. The van der Waals surface area contributed by atoms with Crippen molar-refractivity contribution in [2.75, 3.05) is 19.6 Å². The molecule has 0 saturated carbocycles. The van der Waals surface area contributed by atoms with Crippen LogP contribution in [0.15, 0.2) is 17.6 Å². The van der Waals surface area contributed by atoms with Gasteiger partial charge in [-0.25, -0.2) is 9.37 Å². The molecule has 21 heavy (non-hydrogen) atoms. The average Bonchev–Trinajstić information content (AvgIpc) is 2.89. The van der Waals surface area contributed by atoms with Crippen LogP contribution in [0.5, 0.6) is 0 Å². The SMILES string of the molecule is O=C(N[C@H]1CN2CCC1CC2)c1cc2c(F)csc2cn1. The number of rotatable bonds is 2. The van der Waals surface area contributed by atoms with Gasteiger partial charge in [-0.3, -0.25) is 4.79 Å². The first-order valence-corrected chi connectivity index (χ1v) is 8.14. The molecular weight excluding hydrogens is 289 g/mol. The molecule has 2 bridgehead atoms. The van der Waals surface area contributed by atoms with E-state index in [1.165, 1.54) is 16.7 Å². The number of nitrogens with one attached hydrogen (secondary N) is 1. The summed E-state index contributed by atoms with van der Waals surface area (Å²) < 4.78 is 14.4. The van der Waals surface area contributed by atoms with E-state index in [1.807, 2.05) is 0 Å². The molecule has 4 nitrogen and oxygen atoms in total. The number of nitrogens with zero attached hydrogens (tertiary/aromatic N) is 2. The Hall–Kier alpha value is -1.53. The molecule has 1 N–H and O–H groups in total. The highest BCUT2D eigenvalue weighted by molar-refractivity contribution is 7.17. The van der Waals surface area contributed by atoms with Gasteiger partial charge in [0, 0.05) is 29.5 Å². The largest absolute Gasteiger partial charge is 0.346 e. The van der Waals surface area contributed by atoms with Gasteiger partial charge in [0.25, 0.3) is 5.91 Å². The summed E-state index contributed by atoms with van der Waals surface area (Å²) >= 11 is 1.30. The van der Waals surface area contributed by atoms with E-state index in [-0.39, 0.29) is 17.8 Å². The third-order valence-electron chi connectivity index (χ3n) is 4.62. The minimum atomic E-state index is -0.283. The van der Waals surface area contributed by atoms with E-state index < -0.39 is 0 Å². The van der Waals surface area contributed by atoms with E-state index >= 15 is 0 Å². The topological polar surface area (TPSA) is 45.2 Å². The molecule has 0 radical (unpaired) electrons. The molecule has 3 aliphatic rings. The number of piperidine rings is 3. The van der Waals surface area contributed by atoms with Crippen LogP contribution in [0, 0.1) is 11.7 Å². The highest BCUT2D eigenvalue weighted by Crippen LogP contribution is 2.28. The molecule has 1 amide bonds. The van der Waals surface area contributed by atoms with Crippen molar-refractivity contribution in [3.05, 3.63) is 29.2 Å². The molecule has 3 fully saturated rings. The highest BCUT2D eigenvalue weighted by Gasteiger charge is 2.35. The number of carbonyl (C=O) groups is 1. The van der Waals surface area contributed by atoms with Gasteiger partial charge in [0.1, 0.15) is 11.5 Å². The van der Waals surface area contributed by atoms with Crippen molar-refractivity contribution in [2.45, 2.75) is 18.9 Å². The minimum absolute atomic E-state index is 0.193. The number of halogens is 1. The van der Waals surface area contributed by atoms with Crippen LogP contribution in [0.3, 0.4) is 0 Å². The molecule has 110 valence electrons. The third kappa shape index (κ3) is 2.32. The summed E-state index contributed by atoms with van der Waals surface area (Å²) in [6.45, 7) is 3.20. The maximum Gasteiger partial charge on any atom is 0.270 e. The molecular formula is C15H16FN3OS. The fourth-order valence-corrected chi connectivity index (χ4v) is 4.15. The van der Waals surface area contributed by atoms with E-state index in [0.717, 1.165) is 37.2 Å². The van der Waals surface area contributed by atoms with Crippen molar-refractivity contribution in [2.24, 2.45) is 5.92 Å². The molecule has 0 aromatic carbocycles. The number of pyridine rings is 1. The third-order valence-corrected chi connectivity index (χ3v) is 5.52. The molecule has 0 unspecified atom stereocenters. The molecule has 3 saturated heterocycles. The summed E-state index contributed by atoms with van der Waals surface area (Å²) in [6.07, 6.45) is 3.88. The van der Waals surface area contributed by atoms with Gasteiger partial charge in [0.05, 0.1) is 4.70 Å². The summed E-state index contributed by atoms with van der Waals surface area (Å²) in [5.74, 6) is 0.0936. The molecule has 5 rings (SSSR count). The van der Waals surface area contributed by atoms with Gasteiger partial charge in [0.2, 0.25) is 0 Å². The van der Waals surface area contributed by atoms with Gasteiger partial charge in [0.15, 0.2) is 0 Å². The molecule has 1 atom stereocenters. The predicted molar refractivity (Wildman–Crippen MR) is 80.0 cm³/mol. The average molecular weight is 305 g/mol. The lowest BCUT2D eigenvalue weighted by molar-refractivity contribution is 0.0618. The van der Waals surface area contributed by atoms with Crippen molar-refractivity contribution in [3.63, 3.8) is 0 Å². The molecule has 0 aliphatic carbocycles. The summed E-state index contributed by atoms with van der Waals surface area (Å²) in [6, 6.07) is 1.75. The van der Waals surface area contributed by atoms with Gasteiger partial charge >= 0.3 is 0 Å². The highest BCUT2D eigenvalue weighted by atomic mass is 32.1. The monoisotopic (exact) mass is 305 g/mol. The smallest absolute Gasteiger partial charge is 0.270 e. The Morgan fingerprint density at radius 1 is 1.43 bits per heavy atom. The van der Waals surface area contributed by atoms with E-state index in [0.29, 0.717) is 17.0 Å². The van der Waals surface area contributed by atoms with Crippen molar-refractivity contribution < 1.29 is 9.18 Å². The van der Waals surface area contributed by atoms with E-state index in [9.17, 15) is 9.18 Å². The normalized spacial score (nSPS) is 28.0. The first kappa shape index (κ1) is 13.2. The number of hydrogen-bond acceptors (Lipinski definition) is 4. The second kappa shape index (κ2) is 5.03. The van der Waals surface area contributed by atoms with Crippen LogP contribution in [-0.4, -0.2) is 41.5 Å². The molecule has 2 aromatic heterocycles. The predicted octanol–water partition coefficient (Wildman–Crippen LogP) is 2.26. The quantitative estimate of drug-likeness (QED) is 0.925. The van der Waals surface area contributed by atoms with Crippen LogP contribution in [-0.2, 0) is 0 Å². The van der Waals surface area contributed by atoms with Crippen molar-refractivity contribution >= 4 is 27.3 Å². The fourth-order valence-electron chi connectivity index (χ4n) is 3.40. The van der Waals surface area contributed by atoms with Gasteiger partial charge < -0.3 is 10.2 Å². The number of hydrogen-bond donors (Lipinski definition) is 1. The first-order valence-electron chi connectivity index (χ1n) is 7.26. The van der Waals surface area contributed by atoms with Crippen LogP contribution in [0.2, 0.25) is 0 Å². The van der Waals surface area contributed by atoms with Crippen molar-refractivity contribution in [1.29, 1.82) is 0 Å². The molecule has 5 heterocycles. The minimum Gasteiger partial charge on any atom is -0.346 e. The van der Waals surface area contributed by atoms with Gasteiger partial charge in [-0.15, -0.1) is 11.3 Å². The Balaban J connectivity index is 1.54. The molecule has 6 heteroatoms. The van der Waals surface area contributed by atoms with Crippen LogP contribution in [0.4, 0.5) is 4.39 Å². The number of amides is 1. The van der Waals surface area contributed by atoms with Gasteiger partial charge in [-0.1, -0.05) is 0 Å². The summed E-state index contributed by atoms with van der Waals surface area (Å²) in [5.41, 5.74) is 0.302. The zero-order valence-corrected chi connectivity index (χ0v) is 12.3. The maximum atomic E-state index is 13.6. The molecule has 0 spiro atoms. The molecule has 3 aliphatic heterocycles. The number of fused-ring (bicyclic) bond motifs is 4. The standard InChI is InChI=1S/C15H16FN3OS/c16-11-8-21-14-6-17-12(5-10(11)14)15(20)18-13-7-19-3-1-9(13)2-4-19/h5-6,8-9,13H,1-4,7H2,(H,18,20)/t13-/m0/s1. The second-order valence-corrected chi connectivity index (χ2v) is 6.78. The number of aromatic nitrogens is 1. The van der Waals surface area contributed by atoms with Crippen LogP contribution in [0.1, 0.15) is 23.3 Å². The lowest BCUT2D eigenvalue weighted by Crippen LogP contribution is -2.57. The van der Waals surface area contributed by atoms with Crippen molar-refractivity contribution in [1.82, 2.24) is 15.2 Å². The Kier molecular flexibility index (Phi) is 3.15. The lowest BCUT2D eigenvalue weighted by Gasteiger charge is -2.44. The zero-order chi connectivity index (χ0) is 14.4. The summed E-state index contributed by atoms with van der Waals surface area (Å²) in [4.78, 5) is 18.9. The van der Waals surface area contributed by atoms with E-state index in [2.05, 4.69) is 15.2 Å². The molecule has 2 aromatic rings. The zero-order valence-electron chi connectivity index (χ0n) is 11.5. The first-order chi connectivity index (χ1) is 10.2. The summed E-state index contributed by atoms with van der Waals surface area (Å²) in [5, 5.41) is 5.01. The van der Waals surface area contributed by atoms with E-state index in [1.54, 1.807) is 12.3 Å². The van der Waals surface area contributed by atoms with Crippen LogP contribution < -0.4 is 5.32 Å². The summed E-state index contributed by atoms with van der Waals surface area (Å²) in [7, 11) is 0. The second-order valence-electron chi connectivity index (χ2n) is 5.87. The Labute approximate surface area is 126 Å². The fraction of sp³-hybridized carbons (Fsp3) is 0.467. The van der Waals surface area contributed by atoms with Gasteiger partial charge in [-0.05, 0) is 37.9 Å². The number of thiophene rings is 1.